The zero-order valence-corrected chi connectivity index (χ0v) is 9.89. The van der Waals surface area contributed by atoms with Crippen LogP contribution in [0.25, 0.3) is 0 Å². The van der Waals surface area contributed by atoms with E-state index in [1.165, 1.54) is 38.5 Å². The molecule has 15 heavy (non-hydrogen) atoms. The van der Waals surface area contributed by atoms with Crippen molar-refractivity contribution in [2.45, 2.75) is 71.1 Å². The van der Waals surface area contributed by atoms with Crippen LogP contribution in [0.1, 0.15) is 71.1 Å². The Labute approximate surface area is 93.4 Å². The molecule has 0 bridgehead atoms. The number of hydrogen-bond donors (Lipinski definition) is 0. The summed E-state index contributed by atoms with van der Waals surface area (Å²) in [5, 5.41) is 0. The van der Waals surface area contributed by atoms with Crippen molar-refractivity contribution >= 4 is 12.1 Å². The van der Waals surface area contributed by atoms with Gasteiger partial charge in [-0.15, -0.1) is 0 Å². The van der Waals surface area contributed by atoms with Crippen molar-refractivity contribution < 1.29 is 9.59 Å². The molecule has 0 heterocycles. The van der Waals surface area contributed by atoms with Gasteiger partial charge >= 0.3 is 0 Å². The number of Topliss-reactive ketones (excluding diaryl/α,β-unsaturated/α-hetero) is 1. The molecule has 87 valence electrons. The normalized spacial score (nSPS) is 10.2. The van der Waals surface area contributed by atoms with Gasteiger partial charge < -0.3 is 0 Å². The Kier molecular flexibility index (Phi) is 10.9. The Morgan fingerprint density at radius 2 is 1.47 bits per heavy atom. The van der Waals surface area contributed by atoms with Crippen molar-refractivity contribution in [3.63, 3.8) is 0 Å². The monoisotopic (exact) mass is 211 g/mol. The molecule has 2 heteroatoms. The summed E-state index contributed by atoms with van der Waals surface area (Å²) in [6.45, 7) is 2.22. The molecule has 0 saturated heterocycles. The summed E-state index contributed by atoms with van der Waals surface area (Å²) in [4.78, 5) is 20.9. The van der Waals surface area contributed by atoms with Gasteiger partial charge in [-0.25, -0.2) is 0 Å². The Balaban J connectivity index is 3.04. The molecule has 0 rings (SSSR count). The Morgan fingerprint density at radius 3 is 2.00 bits per heavy atom. The van der Waals surface area contributed by atoms with Crippen molar-refractivity contribution in [2.75, 3.05) is 0 Å². The lowest BCUT2D eigenvalue weighted by Gasteiger charge is -2.00. The SMILES string of the molecule is CCCCCCCCCCC(=O)C[C]=O. The highest BCUT2D eigenvalue weighted by Gasteiger charge is 2.00. The van der Waals surface area contributed by atoms with Gasteiger partial charge in [0.1, 0.15) is 5.78 Å². The first-order valence-corrected chi connectivity index (χ1v) is 6.18. The minimum absolute atomic E-state index is 0.0174. The maximum atomic E-state index is 11.0. The van der Waals surface area contributed by atoms with Gasteiger partial charge in [0.25, 0.3) is 0 Å². The van der Waals surface area contributed by atoms with E-state index in [2.05, 4.69) is 6.92 Å². The van der Waals surface area contributed by atoms with Crippen molar-refractivity contribution in [3.8, 4) is 0 Å². The molecule has 0 aliphatic carbocycles. The molecule has 0 saturated carbocycles. The van der Waals surface area contributed by atoms with Crippen LogP contribution in [-0.4, -0.2) is 12.1 Å². The molecule has 0 aromatic carbocycles. The fraction of sp³-hybridized carbons (Fsp3) is 0.846. The van der Waals surface area contributed by atoms with Crippen LogP contribution in [0.2, 0.25) is 0 Å². The summed E-state index contributed by atoms with van der Waals surface area (Å²) in [5.41, 5.74) is 0. The molecule has 1 radical (unpaired) electrons. The predicted molar refractivity (Wildman–Crippen MR) is 62.5 cm³/mol. The van der Waals surface area contributed by atoms with E-state index in [1.807, 2.05) is 0 Å². The summed E-state index contributed by atoms with van der Waals surface area (Å²) in [7, 11) is 0. The standard InChI is InChI=1S/C13H23O2/c1-2-3-4-5-6-7-8-9-10-13(15)11-12-14/h2-11H2,1H3. The number of unbranched alkanes of at least 4 members (excludes halogenated alkanes) is 7. The lowest BCUT2D eigenvalue weighted by Crippen LogP contribution is -1.97. The zero-order valence-electron chi connectivity index (χ0n) is 9.89. The largest absolute Gasteiger partial charge is 0.299 e. The van der Waals surface area contributed by atoms with Crippen LogP contribution in [0.4, 0.5) is 0 Å². The highest BCUT2D eigenvalue weighted by atomic mass is 16.1. The summed E-state index contributed by atoms with van der Waals surface area (Å²) in [5.74, 6) is 0.0379. The molecule has 2 nitrogen and oxygen atoms in total. The Hall–Kier alpha value is -0.660. The minimum atomic E-state index is -0.0174. The predicted octanol–water partition coefficient (Wildman–Crippen LogP) is 3.59. The van der Waals surface area contributed by atoms with Crippen LogP contribution in [0.3, 0.4) is 0 Å². The van der Waals surface area contributed by atoms with E-state index in [-0.39, 0.29) is 12.2 Å². The van der Waals surface area contributed by atoms with Gasteiger partial charge in [-0.05, 0) is 6.42 Å². The average molecular weight is 211 g/mol. The molecule has 0 aromatic rings. The third-order valence-electron chi connectivity index (χ3n) is 2.58. The third-order valence-corrected chi connectivity index (χ3v) is 2.58. The fourth-order valence-corrected chi connectivity index (χ4v) is 1.62. The van der Waals surface area contributed by atoms with Crippen LogP contribution in [-0.2, 0) is 9.59 Å². The van der Waals surface area contributed by atoms with Crippen molar-refractivity contribution in [2.24, 2.45) is 0 Å². The van der Waals surface area contributed by atoms with E-state index < -0.39 is 0 Å². The fourth-order valence-electron chi connectivity index (χ4n) is 1.62. The summed E-state index contributed by atoms with van der Waals surface area (Å²) in [6.07, 6.45) is 12.1. The molecule has 0 spiro atoms. The first-order valence-electron chi connectivity index (χ1n) is 6.18. The zero-order chi connectivity index (χ0) is 11.4. The van der Waals surface area contributed by atoms with E-state index in [0.717, 1.165) is 12.8 Å². The first-order chi connectivity index (χ1) is 7.31. The second kappa shape index (κ2) is 11.4. The van der Waals surface area contributed by atoms with Gasteiger partial charge in [0, 0.05) is 6.42 Å². The molecular formula is C13H23O2. The van der Waals surface area contributed by atoms with E-state index in [9.17, 15) is 9.59 Å². The van der Waals surface area contributed by atoms with Crippen molar-refractivity contribution in [1.82, 2.24) is 0 Å². The molecule has 0 unspecified atom stereocenters. The van der Waals surface area contributed by atoms with E-state index in [1.54, 1.807) is 6.29 Å². The summed E-state index contributed by atoms with van der Waals surface area (Å²) < 4.78 is 0. The van der Waals surface area contributed by atoms with Crippen LogP contribution >= 0.6 is 0 Å². The van der Waals surface area contributed by atoms with E-state index in [4.69, 9.17) is 0 Å². The van der Waals surface area contributed by atoms with Gasteiger partial charge in [-0.1, -0.05) is 51.9 Å². The van der Waals surface area contributed by atoms with E-state index >= 15 is 0 Å². The highest BCUT2D eigenvalue weighted by molar-refractivity contribution is 5.89. The molecule has 0 amide bonds. The summed E-state index contributed by atoms with van der Waals surface area (Å²) >= 11 is 0. The molecule has 0 aliphatic heterocycles. The van der Waals surface area contributed by atoms with Crippen LogP contribution in [0.15, 0.2) is 0 Å². The highest BCUT2D eigenvalue weighted by Crippen LogP contribution is 2.09. The van der Waals surface area contributed by atoms with Gasteiger partial charge in [-0.3, -0.25) is 9.59 Å². The lowest BCUT2D eigenvalue weighted by atomic mass is 10.1. The second-order valence-electron chi connectivity index (χ2n) is 4.08. The second-order valence-corrected chi connectivity index (χ2v) is 4.08. The number of ketones is 1. The molecule has 0 fully saturated rings. The third kappa shape index (κ3) is 11.3. The molecular weight excluding hydrogens is 188 g/mol. The Morgan fingerprint density at radius 1 is 0.933 bits per heavy atom. The Bertz CT molecular complexity index is 164. The molecule has 0 aliphatic rings. The molecule has 0 atom stereocenters. The maximum Gasteiger partial charge on any atom is 0.206 e. The number of rotatable bonds is 11. The van der Waals surface area contributed by atoms with Crippen molar-refractivity contribution in [1.29, 1.82) is 0 Å². The van der Waals surface area contributed by atoms with Crippen molar-refractivity contribution in [3.05, 3.63) is 0 Å². The van der Waals surface area contributed by atoms with Crippen LogP contribution in [0.5, 0.6) is 0 Å². The minimum Gasteiger partial charge on any atom is -0.299 e. The molecule has 0 aromatic heterocycles. The number of hydrogen-bond acceptors (Lipinski definition) is 2. The van der Waals surface area contributed by atoms with Gasteiger partial charge in [-0.2, -0.15) is 0 Å². The smallest absolute Gasteiger partial charge is 0.206 e. The van der Waals surface area contributed by atoms with Gasteiger partial charge in [0.2, 0.25) is 6.29 Å². The van der Waals surface area contributed by atoms with Gasteiger partial charge in [0.15, 0.2) is 0 Å². The topological polar surface area (TPSA) is 34.1 Å². The summed E-state index contributed by atoms with van der Waals surface area (Å²) in [6, 6.07) is 0. The average Bonchev–Trinajstić information content (AvgIpc) is 2.22. The molecule has 0 N–H and O–H groups in total. The quantitative estimate of drug-likeness (QED) is 0.386. The van der Waals surface area contributed by atoms with E-state index in [0.29, 0.717) is 6.42 Å². The number of carbonyl (C=O) groups excluding carboxylic acids is 2. The number of carbonyl (C=O) groups is 1. The van der Waals surface area contributed by atoms with Gasteiger partial charge in [0.05, 0.1) is 6.42 Å². The van der Waals surface area contributed by atoms with Crippen LogP contribution < -0.4 is 0 Å². The first kappa shape index (κ1) is 14.3. The van der Waals surface area contributed by atoms with Crippen LogP contribution in [0, 0.1) is 0 Å². The lowest BCUT2D eigenvalue weighted by molar-refractivity contribution is -0.118. The maximum absolute atomic E-state index is 11.0.